The topological polar surface area (TPSA) is 96.1 Å². The van der Waals surface area contributed by atoms with Crippen LogP contribution < -0.4 is 10.2 Å². The number of aromatic nitrogens is 3. The summed E-state index contributed by atoms with van der Waals surface area (Å²) in [5, 5.41) is 16.7. The number of piperidine rings is 1. The van der Waals surface area contributed by atoms with E-state index in [-0.39, 0.29) is 11.9 Å². The molecule has 1 N–H and O–H groups in total. The number of fused-ring (bicyclic) bond motifs is 1. The van der Waals surface area contributed by atoms with Crippen LogP contribution >= 0.6 is 0 Å². The molecule has 8 nitrogen and oxygen atoms in total. The summed E-state index contributed by atoms with van der Waals surface area (Å²) < 4.78 is 7.08. The standard InChI is InChI=1S/C19H22N6O2/c1-24-6-4-17(23-24)19(26)21-15-2-7-25(8-3-15)18-13(11-20)10-14-12-27-9-5-16(14)22-18/h4,6,10,15H,2-3,5,7-9,12H2,1H3,(H,21,26). The van der Waals surface area contributed by atoms with Crippen LogP contribution in [0.3, 0.4) is 0 Å². The van der Waals surface area contributed by atoms with Gasteiger partial charge in [0.25, 0.3) is 5.91 Å². The molecule has 1 fully saturated rings. The number of carbonyl (C=O) groups is 1. The van der Waals surface area contributed by atoms with Gasteiger partial charge < -0.3 is 15.0 Å². The van der Waals surface area contributed by atoms with Crippen molar-refractivity contribution in [1.29, 1.82) is 5.26 Å². The second kappa shape index (κ2) is 7.37. The summed E-state index contributed by atoms with van der Waals surface area (Å²) in [6.45, 7) is 2.71. The van der Waals surface area contributed by atoms with Gasteiger partial charge in [0.1, 0.15) is 17.6 Å². The number of amides is 1. The Bertz CT molecular complexity index is 892. The highest BCUT2D eigenvalue weighted by atomic mass is 16.5. The lowest BCUT2D eigenvalue weighted by molar-refractivity contribution is 0.0925. The second-order valence-corrected chi connectivity index (χ2v) is 6.99. The highest BCUT2D eigenvalue weighted by Crippen LogP contribution is 2.26. The highest BCUT2D eigenvalue weighted by Gasteiger charge is 2.25. The number of nitriles is 1. The maximum atomic E-state index is 12.3. The smallest absolute Gasteiger partial charge is 0.271 e. The second-order valence-electron chi connectivity index (χ2n) is 6.99. The van der Waals surface area contributed by atoms with E-state index in [2.05, 4.69) is 21.4 Å². The minimum atomic E-state index is -0.140. The summed E-state index contributed by atoms with van der Waals surface area (Å²) >= 11 is 0. The van der Waals surface area contributed by atoms with E-state index in [1.165, 1.54) is 0 Å². The van der Waals surface area contributed by atoms with E-state index >= 15 is 0 Å². The molecule has 1 saturated heterocycles. The average molecular weight is 366 g/mol. The van der Waals surface area contributed by atoms with Crippen molar-refractivity contribution in [3.63, 3.8) is 0 Å². The van der Waals surface area contributed by atoms with Crippen molar-refractivity contribution < 1.29 is 9.53 Å². The van der Waals surface area contributed by atoms with Crippen LogP contribution in [0.25, 0.3) is 0 Å². The Kier molecular flexibility index (Phi) is 4.77. The highest BCUT2D eigenvalue weighted by molar-refractivity contribution is 5.92. The largest absolute Gasteiger partial charge is 0.376 e. The lowest BCUT2D eigenvalue weighted by atomic mass is 10.0. The minimum absolute atomic E-state index is 0.104. The molecule has 0 radical (unpaired) electrons. The van der Waals surface area contributed by atoms with Gasteiger partial charge in [0, 0.05) is 44.4 Å². The van der Waals surface area contributed by atoms with Crippen LogP contribution in [0.4, 0.5) is 5.82 Å². The minimum Gasteiger partial charge on any atom is -0.376 e. The molecule has 140 valence electrons. The Morgan fingerprint density at radius 2 is 2.22 bits per heavy atom. The van der Waals surface area contributed by atoms with E-state index in [1.54, 1.807) is 24.0 Å². The lowest BCUT2D eigenvalue weighted by Crippen LogP contribution is -2.45. The first-order chi connectivity index (χ1) is 13.1. The molecular weight excluding hydrogens is 344 g/mol. The third kappa shape index (κ3) is 3.64. The Balaban J connectivity index is 1.42. The molecule has 1 amide bonds. The Hall–Kier alpha value is -2.92. The van der Waals surface area contributed by atoms with Crippen LogP contribution in [0.5, 0.6) is 0 Å². The van der Waals surface area contributed by atoms with Crippen LogP contribution in [0.1, 0.15) is 40.2 Å². The summed E-state index contributed by atoms with van der Waals surface area (Å²) in [7, 11) is 1.79. The fourth-order valence-corrected chi connectivity index (χ4v) is 3.63. The fourth-order valence-electron chi connectivity index (χ4n) is 3.63. The van der Waals surface area contributed by atoms with Crippen molar-refractivity contribution >= 4 is 11.7 Å². The number of rotatable bonds is 3. The molecule has 8 heteroatoms. The Labute approximate surface area is 157 Å². The normalized spacial score (nSPS) is 17.3. The Morgan fingerprint density at radius 1 is 1.41 bits per heavy atom. The summed E-state index contributed by atoms with van der Waals surface area (Å²) in [6, 6.07) is 6.00. The third-order valence-electron chi connectivity index (χ3n) is 5.11. The van der Waals surface area contributed by atoms with Gasteiger partial charge in [0.15, 0.2) is 0 Å². The van der Waals surface area contributed by atoms with Crippen LogP contribution in [0, 0.1) is 11.3 Å². The number of hydrogen-bond acceptors (Lipinski definition) is 6. The first kappa shape index (κ1) is 17.5. The zero-order valence-electron chi connectivity index (χ0n) is 15.3. The molecule has 2 aliphatic rings. The predicted octanol–water partition coefficient (Wildman–Crippen LogP) is 1.16. The molecule has 2 aromatic rings. The van der Waals surface area contributed by atoms with Gasteiger partial charge in [-0.25, -0.2) is 4.98 Å². The quantitative estimate of drug-likeness (QED) is 0.876. The van der Waals surface area contributed by atoms with E-state index in [1.807, 2.05) is 6.07 Å². The Morgan fingerprint density at radius 3 is 2.93 bits per heavy atom. The monoisotopic (exact) mass is 366 g/mol. The van der Waals surface area contributed by atoms with Gasteiger partial charge in [-0.05, 0) is 25.0 Å². The first-order valence-corrected chi connectivity index (χ1v) is 9.20. The van der Waals surface area contributed by atoms with Gasteiger partial charge >= 0.3 is 0 Å². The maximum absolute atomic E-state index is 12.3. The summed E-state index contributed by atoms with van der Waals surface area (Å²) in [4.78, 5) is 19.2. The molecule has 0 unspecified atom stereocenters. The van der Waals surface area contributed by atoms with Crippen molar-refractivity contribution in [3.05, 3.63) is 40.8 Å². The zero-order valence-corrected chi connectivity index (χ0v) is 15.3. The average Bonchev–Trinajstić information content (AvgIpc) is 3.14. The van der Waals surface area contributed by atoms with Crippen LogP contribution in [0.15, 0.2) is 18.3 Å². The van der Waals surface area contributed by atoms with E-state index in [0.717, 1.165) is 49.4 Å². The molecule has 27 heavy (non-hydrogen) atoms. The van der Waals surface area contributed by atoms with Crippen molar-refractivity contribution in [2.24, 2.45) is 7.05 Å². The predicted molar refractivity (Wildman–Crippen MR) is 98.2 cm³/mol. The third-order valence-corrected chi connectivity index (χ3v) is 5.11. The van der Waals surface area contributed by atoms with Crippen molar-refractivity contribution in [2.45, 2.75) is 31.9 Å². The van der Waals surface area contributed by atoms with E-state index in [9.17, 15) is 10.1 Å². The number of anilines is 1. The molecule has 2 aliphatic heterocycles. The lowest BCUT2D eigenvalue weighted by Gasteiger charge is -2.34. The van der Waals surface area contributed by atoms with Crippen molar-refractivity contribution in [2.75, 3.05) is 24.6 Å². The number of pyridine rings is 1. The van der Waals surface area contributed by atoms with Gasteiger partial charge in [0.05, 0.1) is 24.5 Å². The van der Waals surface area contributed by atoms with Crippen LogP contribution in [-0.4, -0.2) is 46.4 Å². The summed E-state index contributed by atoms with van der Waals surface area (Å²) in [5.74, 6) is 0.617. The van der Waals surface area contributed by atoms with E-state index in [4.69, 9.17) is 9.72 Å². The molecular formula is C19H22N6O2. The van der Waals surface area contributed by atoms with E-state index in [0.29, 0.717) is 24.5 Å². The van der Waals surface area contributed by atoms with Crippen LogP contribution in [-0.2, 0) is 24.8 Å². The molecule has 2 aromatic heterocycles. The number of hydrogen-bond donors (Lipinski definition) is 1. The van der Waals surface area contributed by atoms with Gasteiger partial charge in [0.2, 0.25) is 0 Å². The number of carbonyl (C=O) groups excluding carboxylic acids is 1. The van der Waals surface area contributed by atoms with Crippen molar-refractivity contribution in [1.82, 2.24) is 20.1 Å². The van der Waals surface area contributed by atoms with Gasteiger partial charge in [-0.1, -0.05) is 0 Å². The zero-order chi connectivity index (χ0) is 18.8. The van der Waals surface area contributed by atoms with E-state index < -0.39 is 0 Å². The molecule has 0 bridgehead atoms. The van der Waals surface area contributed by atoms with Gasteiger partial charge in [-0.2, -0.15) is 10.4 Å². The first-order valence-electron chi connectivity index (χ1n) is 9.20. The molecule has 4 rings (SSSR count). The molecule has 4 heterocycles. The maximum Gasteiger partial charge on any atom is 0.271 e. The fraction of sp³-hybridized carbons (Fsp3) is 0.474. The van der Waals surface area contributed by atoms with Gasteiger partial charge in [-0.3, -0.25) is 9.48 Å². The number of nitrogens with zero attached hydrogens (tertiary/aromatic N) is 5. The summed E-state index contributed by atoms with van der Waals surface area (Å²) in [6.07, 6.45) is 4.16. The number of aryl methyl sites for hydroxylation is 1. The SMILES string of the molecule is Cn1ccc(C(=O)NC2CCN(c3nc4c(cc3C#N)COCC4)CC2)n1. The van der Waals surface area contributed by atoms with Crippen LogP contribution in [0.2, 0.25) is 0 Å². The molecule has 0 aromatic carbocycles. The number of ether oxygens (including phenoxy) is 1. The number of nitrogens with one attached hydrogen (secondary N) is 1. The summed E-state index contributed by atoms with van der Waals surface area (Å²) in [5.41, 5.74) is 3.07. The molecule has 0 aliphatic carbocycles. The molecule has 0 spiro atoms. The molecule has 0 saturated carbocycles. The van der Waals surface area contributed by atoms with Crippen molar-refractivity contribution in [3.8, 4) is 6.07 Å². The molecule has 0 atom stereocenters. The van der Waals surface area contributed by atoms with Gasteiger partial charge in [-0.15, -0.1) is 0 Å².